The number of ether oxygens (including phenoxy) is 1. The average Bonchev–Trinajstić information content (AvgIpc) is 2.47. The van der Waals surface area contributed by atoms with Gasteiger partial charge in [-0.25, -0.2) is 0 Å². The molecule has 22 heavy (non-hydrogen) atoms. The Morgan fingerprint density at radius 2 is 2.00 bits per heavy atom. The molecular formula is C17H23NO4. The summed E-state index contributed by atoms with van der Waals surface area (Å²) >= 11 is 0. The zero-order valence-electron chi connectivity index (χ0n) is 13.1. The van der Waals surface area contributed by atoms with Crippen LogP contribution in [0, 0.1) is 5.92 Å². The molecule has 5 nitrogen and oxygen atoms in total. The van der Waals surface area contributed by atoms with Crippen LogP contribution >= 0.6 is 0 Å². The largest absolute Gasteiger partial charge is 0.481 e. The summed E-state index contributed by atoms with van der Waals surface area (Å²) in [4.78, 5) is 25.5. The zero-order chi connectivity index (χ0) is 16.1. The molecule has 0 radical (unpaired) electrons. The van der Waals surface area contributed by atoms with Gasteiger partial charge in [0, 0.05) is 13.1 Å². The fourth-order valence-corrected chi connectivity index (χ4v) is 2.91. The van der Waals surface area contributed by atoms with E-state index in [1.54, 1.807) is 4.90 Å². The standard InChI is InChI=1S/C17H23NO4/c1-12(2)16(13-6-4-3-5-7-13)17(21)18-8-9-22-14(11-18)10-15(19)20/h3-7,12,14,16H,8-11H2,1-2H3,(H,19,20)/t14-,16+/m0/s1. The first-order valence-electron chi connectivity index (χ1n) is 7.66. The Hall–Kier alpha value is -1.88. The number of benzene rings is 1. The van der Waals surface area contributed by atoms with Crippen LogP contribution in [-0.2, 0) is 14.3 Å². The van der Waals surface area contributed by atoms with E-state index in [2.05, 4.69) is 0 Å². The fourth-order valence-electron chi connectivity index (χ4n) is 2.91. The number of nitrogens with zero attached hydrogens (tertiary/aromatic N) is 1. The van der Waals surface area contributed by atoms with E-state index >= 15 is 0 Å². The normalized spacial score (nSPS) is 20.0. The third-order valence-corrected chi connectivity index (χ3v) is 3.94. The van der Waals surface area contributed by atoms with Crippen molar-refractivity contribution in [2.45, 2.75) is 32.3 Å². The Morgan fingerprint density at radius 1 is 1.32 bits per heavy atom. The Balaban J connectivity index is 2.12. The molecule has 2 rings (SSSR count). The molecule has 1 aliphatic rings. The van der Waals surface area contributed by atoms with Crippen LogP contribution in [0.2, 0.25) is 0 Å². The first-order chi connectivity index (χ1) is 10.5. The van der Waals surface area contributed by atoms with Crippen molar-refractivity contribution < 1.29 is 19.4 Å². The second kappa shape index (κ2) is 7.40. The summed E-state index contributed by atoms with van der Waals surface area (Å²) in [6, 6.07) is 9.74. The molecule has 1 saturated heterocycles. The summed E-state index contributed by atoms with van der Waals surface area (Å²) in [5.74, 6) is -0.872. The molecule has 0 aliphatic carbocycles. The summed E-state index contributed by atoms with van der Waals surface area (Å²) in [5.41, 5.74) is 1.00. The van der Waals surface area contributed by atoms with Gasteiger partial charge in [0.2, 0.25) is 5.91 Å². The lowest BCUT2D eigenvalue weighted by Gasteiger charge is -2.35. The molecule has 1 aromatic rings. The smallest absolute Gasteiger partial charge is 0.306 e. The lowest BCUT2D eigenvalue weighted by molar-refractivity contribution is -0.149. The molecule has 1 fully saturated rings. The van der Waals surface area contributed by atoms with Crippen molar-refractivity contribution in [3.05, 3.63) is 35.9 Å². The Morgan fingerprint density at radius 3 is 2.59 bits per heavy atom. The quantitative estimate of drug-likeness (QED) is 0.905. The van der Waals surface area contributed by atoms with Crippen molar-refractivity contribution in [1.29, 1.82) is 0 Å². The van der Waals surface area contributed by atoms with E-state index < -0.39 is 12.1 Å². The SMILES string of the molecule is CC(C)[C@@H](C(=O)N1CCO[C@@H](CC(=O)O)C1)c1ccccc1. The highest BCUT2D eigenvalue weighted by atomic mass is 16.5. The van der Waals surface area contributed by atoms with Gasteiger partial charge in [-0.2, -0.15) is 0 Å². The highest BCUT2D eigenvalue weighted by Crippen LogP contribution is 2.27. The minimum atomic E-state index is -0.900. The minimum Gasteiger partial charge on any atom is -0.481 e. The molecule has 0 aromatic heterocycles. The molecular weight excluding hydrogens is 282 g/mol. The third kappa shape index (κ3) is 4.07. The molecule has 0 unspecified atom stereocenters. The third-order valence-electron chi connectivity index (χ3n) is 3.94. The van der Waals surface area contributed by atoms with Gasteiger partial charge in [-0.15, -0.1) is 0 Å². The number of aliphatic carboxylic acids is 1. The van der Waals surface area contributed by atoms with E-state index in [0.29, 0.717) is 19.7 Å². The van der Waals surface area contributed by atoms with E-state index in [1.807, 2.05) is 44.2 Å². The summed E-state index contributed by atoms with van der Waals surface area (Å²) in [5, 5.41) is 8.88. The van der Waals surface area contributed by atoms with E-state index in [-0.39, 0.29) is 24.2 Å². The first kappa shape index (κ1) is 16.5. The summed E-state index contributed by atoms with van der Waals surface area (Å²) in [7, 11) is 0. The van der Waals surface area contributed by atoms with Crippen LogP contribution in [0.1, 0.15) is 31.7 Å². The molecule has 2 atom stereocenters. The number of carbonyl (C=O) groups is 2. The molecule has 1 aromatic carbocycles. The molecule has 0 saturated carbocycles. The van der Waals surface area contributed by atoms with Gasteiger partial charge in [0.05, 0.1) is 25.0 Å². The maximum atomic E-state index is 12.9. The molecule has 5 heteroatoms. The van der Waals surface area contributed by atoms with Crippen molar-refractivity contribution in [1.82, 2.24) is 4.90 Å². The Labute approximate surface area is 130 Å². The fraction of sp³-hybridized carbons (Fsp3) is 0.529. The van der Waals surface area contributed by atoms with Crippen LogP contribution in [0.5, 0.6) is 0 Å². The first-order valence-corrected chi connectivity index (χ1v) is 7.66. The maximum Gasteiger partial charge on any atom is 0.306 e. The van der Waals surface area contributed by atoms with Crippen LogP contribution in [0.25, 0.3) is 0 Å². The van der Waals surface area contributed by atoms with Crippen LogP contribution < -0.4 is 0 Å². The van der Waals surface area contributed by atoms with Crippen molar-refractivity contribution in [3.63, 3.8) is 0 Å². The van der Waals surface area contributed by atoms with Crippen LogP contribution in [0.4, 0.5) is 0 Å². The molecule has 1 heterocycles. The summed E-state index contributed by atoms with van der Waals surface area (Å²) in [6.45, 7) is 5.32. The van der Waals surface area contributed by atoms with E-state index in [4.69, 9.17) is 9.84 Å². The van der Waals surface area contributed by atoms with E-state index in [1.165, 1.54) is 0 Å². The second-order valence-electron chi connectivity index (χ2n) is 6.01. The van der Waals surface area contributed by atoms with E-state index in [9.17, 15) is 9.59 Å². The van der Waals surface area contributed by atoms with Gasteiger partial charge in [0.15, 0.2) is 0 Å². The highest BCUT2D eigenvalue weighted by molar-refractivity contribution is 5.84. The number of hydrogen-bond donors (Lipinski definition) is 1. The molecule has 0 spiro atoms. The number of carboxylic acids is 1. The Bertz CT molecular complexity index is 515. The van der Waals surface area contributed by atoms with Gasteiger partial charge in [-0.3, -0.25) is 9.59 Å². The maximum absolute atomic E-state index is 12.9. The van der Waals surface area contributed by atoms with Crippen LogP contribution in [0.3, 0.4) is 0 Å². The summed E-state index contributed by atoms with van der Waals surface area (Å²) < 4.78 is 5.44. The number of morpholine rings is 1. The zero-order valence-corrected chi connectivity index (χ0v) is 13.1. The van der Waals surface area contributed by atoms with Gasteiger partial charge in [0.1, 0.15) is 0 Å². The van der Waals surface area contributed by atoms with Crippen LogP contribution in [0.15, 0.2) is 30.3 Å². The number of rotatable bonds is 5. The number of hydrogen-bond acceptors (Lipinski definition) is 3. The van der Waals surface area contributed by atoms with Gasteiger partial charge < -0.3 is 14.7 Å². The van der Waals surface area contributed by atoms with E-state index in [0.717, 1.165) is 5.56 Å². The molecule has 1 aliphatic heterocycles. The predicted octanol–water partition coefficient (Wildman–Crippen LogP) is 2.13. The second-order valence-corrected chi connectivity index (χ2v) is 6.01. The van der Waals surface area contributed by atoms with Crippen molar-refractivity contribution in [2.24, 2.45) is 5.92 Å². The van der Waals surface area contributed by atoms with Crippen molar-refractivity contribution in [2.75, 3.05) is 19.7 Å². The highest BCUT2D eigenvalue weighted by Gasteiger charge is 2.32. The predicted molar refractivity (Wildman–Crippen MR) is 82.6 cm³/mol. The molecule has 1 N–H and O–H groups in total. The minimum absolute atomic E-state index is 0.0555. The number of carbonyl (C=O) groups excluding carboxylic acids is 1. The number of amides is 1. The lowest BCUT2D eigenvalue weighted by Crippen LogP contribution is -2.48. The lowest BCUT2D eigenvalue weighted by atomic mass is 9.87. The summed E-state index contributed by atoms with van der Waals surface area (Å²) in [6.07, 6.45) is -0.486. The molecule has 1 amide bonds. The average molecular weight is 305 g/mol. The van der Waals surface area contributed by atoms with Gasteiger partial charge in [-0.1, -0.05) is 44.2 Å². The number of carboxylic acid groups (broad SMARTS) is 1. The van der Waals surface area contributed by atoms with Gasteiger partial charge in [0.25, 0.3) is 0 Å². The van der Waals surface area contributed by atoms with Gasteiger partial charge in [-0.05, 0) is 11.5 Å². The van der Waals surface area contributed by atoms with Crippen LogP contribution in [-0.4, -0.2) is 47.7 Å². The molecule has 120 valence electrons. The van der Waals surface area contributed by atoms with Crippen molar-refractivity contribution >= 4 is 11.9 Å². The topological polar surface area (TPSA) is 66.8 Å². The Kier molecular flexibility index (Phi) is 5.55. The molecule has 0 bridgehead atoms. The monoisotopic (exact) mass is 305 g/mol. The van der Waals surface area contributed by atoms with Crippen molar-refractivity contribution in [3.8, 4) is 0 Å². The van der Waals surface area contributed by atoms with Gasteiger partial charge >= 0.3 is 5.97 Å².